The molecule has 0 spiro atoms. The van der Waals surface area contributed by atoms with E-state index in [0.29, 0.717) is 19.4 Å². The Morgan fingerprint density at radius 3 is 2.68 bits per heavy atom. The van der Waals surface area contributed by atoms with E-state index in [1.165, 1.54) is 11.1 Å². The van der Waals surface area contributed by atoms with Crippen LogP contribution in [0.4, 0.5) is 0 Å². The molecule has 0 bridgehead atoms. The fraction of sp³-hybridized carbons (Fsp3) is 0.381. The summed E-state index contributed by atoms with van der Waals surface area (Å²) in [6.07, 6.45) is 4.44. The van der Waals surface area contributed by atoms with Gasteiger partial charge in [0.1, 0.15) is 11.5 Å². The average molecular weight is 339 g/mol. The number of hydrogen-bond acceptors (Lipinski definition) is 3. The Balaban J connectivity index is 1.41. The maximum atomic E-state index is 12.2. The van der Waals surface area contributed by atoms with Gasteiger partial charge in [-0.15, -0.1) is 0 Å². The van der Waals surface area contributed by atoms with E-state index in [-0.39, 0.29) is 11.9 Å². The summed E-state index contributed by atoms with van der Waals surface area (Å²) in [4.78, 5) is 12.2. The summed E-state index contributed by atoms with van der Waals surface area (Å²) in [5, 5.41) is 3.18. The topological polar surface area (TPSA) is 47.6 Å². The normalized spacial score (nSPS) is 16.0. The van der Waals surface area contributed by atoms with Crippen molar-refractivity contribution in [2.75, 3.05) is 13.7 Å². The molecule has 1 amide bonds. The zero-order valence-electron chi connectivity index (χ0n) is 14.7. The average Bonchev–Trinajstić information content (AvgIpc) is 2.66. The molecule has 0 saturated heterocycles. The molecule has 1 atom stereocenters. The summed E-state index contributed by atoms with van der Waals surface area (Å²) >= 11 is 0. The SMILES string of the molecule is COc1ccc(OCCCC(=O)N[C@@H]2CCCc3ccccc32)cc1. The molecule has 0 aliphatic heterocycles. The molecule has 1 aliphatic rings. The predicted octanol–water partition coefficient (Wildman–Crippen LogP) is 4.05. The summed E-state index contributed by atoms with van der Waals surface area (Å²) < 4.78 is 10.8. The smallest absolute Gasteiger partial charge is 0.220 e. The van der Waals surface area contributed by atoms with Crippen molar-refractivity contribution in [3.63, 3.8) is 0 Å². The molecular formula is C21H25NO3. The number of methoxy groups -OCH3 is 1. The summed E-state index contributed by atoms with van der Waals surface area (Å²) in [6.45, 7) is 0.529. The molecule has 132 valence electrons. The lowest BCUT2D eigenvalue weighted by Gasteiger charge is -2.26. The Kier molecular flexibility index (Phi) is 5.94. The highest BCUT2D eigenvalue weighted by Gasteiger charge is 2.20. The summed E-state index contributed by atoms with van der Waals surface area (Å²) in [6, 6.07) is 16.0. The Morgan fingerprint density at radius 2 is 1.88 bits per heavy atom. The minimum absolute atomic E-state index is 0.0973. The van der Waals surface area contributed by atoms with E-state index < -0.39 is 0 Å². The molecule has 0 heterocycles. The second-order valence-electron chi connectivity index (χ2n) is 6.34. The monoisotopic (exact) mass is 339 g/mol. The van der Waals surface area contributed by atoms with E-state index in [9.17, 15) is 4.79 Å². The van der Waals surface area contributed by atoms with Crippen LogP contribution in [-0.2, 0) is 11.2 Å². The largest absolute Gasteiger partial charge is 0.497 e. The van der Waals surface area contributed by atoms with Gasteiger partial charge in [0, 0.05) is 6.42 Å². The molecule has 0 unspecified atom stereocenters. The molecule has 4 nitrogen and oxygen atoms in total. The number of carbonyl (C=O) groups excluding carboxylic acids is 1. The first-order chi connectivity index (χ1) is 12.3. The summed E-state index contributed by atoms with van der Waals surface area (Å²) in [5.41, 5.74) is 2.64. The van der Waals surface area contributed by atoms with E-state index >= 15 is 0 Å². The highest BCUT2D eigenvalue weighted by atomic mass is 16.5. The van der Waals surface area contributed by atoms with Crippen LogP contribution in [0.5, 0.6) is 11.5 Å². The number of nitrogens with one attached hydrogen (secondary N) is 1. The molecule has 0 fully saturated rings. The minimum atomic E-state index is 0.0973. The lowest BCUT2D eigenvalue weighted by atomic mass is 9.87. The quantitative estimate of drug-likeness (QED) is 0.774. The third-order valence-corrected chi connectivity index (χ3v) is 4.58. The number of aryl methyl sites for hydroxylation is 1. The zero-order chi connectivity index (χ0) is 17.5. The van der Waals surface area contributed by atoms with E-state index in [1.54, 1.807) is 7.11 Å². The second kappa shape index (κ2) is 8.56. The van der Waals surface area contributed by atoms with Crippen LogP contribution in [0.25, 0.3) is 0 Å². The van der Waals surface area contributed by atoms with Gasteiger partial charge < -0.3 is 14.8 Å². The maximum Gasteiger partial charge on any atom is 0.220 e. The van der Waals surface area contributed by atoms with Gasteiger partial charge >= 0.3 is 0 Å². The molecule has 2 aromatic carbocycles. The van der Waals surface area contributed by atoms with Gasteiger partial charge in [-0.2, -0.15) is 0 Å². The van der Waals surface area contributed by atoms with Crippen LogP contribution >= 0.6 is 0 Å². The zero-order valence-corrected chi connectivity index (χ0v) is 14.7. The number of amides is 1. The molecule has 0 saturated carbocycles. The fourth-order valence-electron chi connectivity index (χ4n) is 3.27. The minimum Gasteiger partial charge on any atom is -0.497 e. The molecule has 4 heteroatoms. The fourth-order valence-corrected chi connectivity index (χ4v) is 3.27. The molecule has 1 aliphatic carbocycles. The Hall–Kier alpha value is -2.49. The molecule has 25 heavy (non-hydrogen) atoms. The highest BCUT2D eigenvalue weighted by Crippen LogP contribution is 2.29. The van der Waals surface area contributed by atoms with Crippen molar-refractivity contribution in [3.05, 3.63) is 59.7 Å². The van der Waals surface area contributed by atoms with Crippen molar-refractivity contribution in [1.82, 2.24) is 5.32 Å². The van der Waals surface area contributed by atoms with E-state index in [2.05, 4.69) is 23.5 Å². The van der Waals surface area contributed by atoms with Gasteiger partial charge in [-0.3, -0.25) is 4.79 Å². The van der Waals surface area contributed by atoms with E-state index in [4.69, 9.17) is 9.47 Å². The number of fused-ring (bicyclic) bond motifs is 1. The van der Waals surface area contributed by atoms with Crippen molar-refractivity contribution in [2.45, 2.75) is 38.1 Å². The van der Waals surface area contributed by atoms with Crippen molar-refractivity contribution in [2.24, 2.45) is 0 Å². The van der Waals surface area contributed by atoms with Crippen LogP contribution in [0.15, 0.2) is 48.5 Å². The standard InChI is InChI=1S/C21H25NO3/c1-24-17-11-13-18(14-12-17)25-15-5-10-21(23)22-20-9-4-7-16-6-2-3-8-19(16)20/h2-3,6,8,11-14,20H,4-5,7,9-10,15H2,1H3,(H,22,23)/t20-/m1/s1. The van der Waals surface area contributed by atoms with Crippen LogP contribution in [0, 0.1) is 0 Å². The van der Waals surface area contributed by atoms with Gasteiger partial charge in [-0.05, 0) is 61.1 Å². The first kappa shape index (κ1) is 17.3. The van der Waals surface area contributed by atoms with Gasteiger partial charge in [-0.1, -0.05) is 24.3 Å². The molecule has 2 aromatic rings. The Labute approximate surface area is 149 Å². The van der Waals surface area contributed by atoms with Crippen molar-refractivity contribution >= 4 is 5.91 Å². The Bertz CT molecular complexity index is 697. The number of ether oxygens (including phenoxy) is 2. The summed E-state index contributed by atoms with van der Waals surface area (Å²) in [7, 11) is 1.64. The van der Waals surface area contributed by atoms with E-state index in [0.717, 1.165) is 30.8 Å². The molecule has 0 aromatic heterocycles. The Morgan fingerprint density at radius 1 is 1.12 bits per heavy atom. The third-order valence-electron chi connectivity index (χ3n) is 4.58. The maximum absolute atomic E-state index is 12.2. The van der Waals surface area contributed by atoms with Gasteiger partial charge in [0.05, 0.1) is 19.8 Å². The molecule has 3 rings (SSSR count). The van der Waals surface area contributed by atoms with Crippen molar-refractivity contribution < 1.29 is 14.3 Å². The lowest BCUT2D eigenvalue weighted by molar-refractivity contribution is -0.122. The van der Waals surface area contributed by atoms with Gasteiger partial charge in [0.15, 0.2) is 0 Å². The number of hydrogen-bond donors (Lipinski definition) is 1. The lowest BCUT2D eigenvalue weighted by Crippen LogP contribution is -2.31. The van der Waals surface area contributed by atoms with Crippen molar-refractivity contribution in [3.8, 4) is 11.5 Å². The predicted molar refractivity (Wildman–Crippen MR) is 98.0 cm³/mol. The first-order valence-corrected chi connectivity index (χ1v) is 8.90. The van der Waals surface area contributed by atoms with Gasteiger partial charge in [0.2, 0.25) is 5.91 Å². The van der Waals surface area contributed by atoms with Crippen LogP contribution in [0.3, 0.4) is 0 Å². The van der Waals surface area contributed by atoms with E-state index in [1.807, 2.05) is 30.3 Å². The van der Waals surface area contributed by atoms with Crippen LogP contribution < -0.4 is 14.8 Å². The molecular weight excluding hydrogens is 314 g/mol. The summed E-state index contributed by atoms with van der Waals surface area (Å²) in [5.74, 6) is 1.70. The third kappa shape index (κ3) is 4.75. The van der Waals surface area contributed by atoms with Crippen molar-refractivity contribution in [1.29, 1.82) is 0 Å². The molecule has 0 radical (unpaired) electrons. The number of benzene rings is 2. The van der Waals surface area contributed by atoms with Gasteiger partial charge in [0.25, 0.3) is 0 Å². The van der Waals surface area contributed by atoms with Gasteiger partial charge in [-0.25, -0.2) is 0 Å². The van der Waals surface area contributed by atoms with Crippen LogP contribution in [0.1, 0.15) is 42.9 Å². The number of carbonyl (C=O) groups is 1. The highest BCUT2D eigenvalue weighted by molar-refractivity contribution is 5.76. The van der Waals surface area contributed by atoms with Crippen LogP contribution in [-0.4, -0.2) is 19.6 Å². The first-order valence-electron chi connectivity index (χ1n) is 8.90. The van der Waals surface area contributed by atoms with Crippen LogP contribution in [0.2, 0.25) is 0 Å². The number of rotatable bonds is 7. The molecule has 1 N–H and O–H groups in total. The second-order valence-corrected chi connectivity index (χ2v) is 6.34.